The Morgan fingerprint density at radius 3 is 1.78 bits per heavy atom. The second kappa shape index (κ2) is 11.6. The standard InChI is InChI=1S/C52H31NO2/c1-2-13-38-32(10-1)22-23-33-24-25-34-26-28-40-42(51(34)50(33)38)17-8-18-45(40)53(37-27-29-48-44(31-37)41-14-3-5-19-46(41)54-48)36-12-7-11-35(30-36)39-16-9-21-49-52(39)43-15-4-6-20-47(43)55-49/h1-31H. The molecule has 0 radical (unpaired) electrons. The first-order valence-electron chi connectivity index (χ1n) is 18.7. The number of para-hydroxylation sites is 2. The second-order valence-corrected chi connectivity index (χ2v) is 14.4. The molecule has 3 heteroatoms. The number of anilines is 3. The zero-order chi connectivity index (χ0) is 36.0. The predicted molar refractivity (Wildman–Crippen MR) is 231 cm³/mol. The molecule has 0 saturated carbocycles. The molecule has 0 aliphatic heterocycles. The van der Waals surface area contributed by atoms with Crippen LogP contribution < -0.4 is 4.90 Å². The quantitative estimate of drug-likeness (QED) is 0.171. The van der Waals surface area contributed by atoms with Gasteiger partial charge in [0, 0.05) is 38.3 Å². The van der Waals surface area contributed by atoms with Gasteiger partial charge < -0.3 is 13.7 Å². The lowest BCUT2D eigenvalue weighted by Crippen LogP contribution is -2.10. The smallest absolute Gasteiger partial charge is 0.136 e. The van der Waals surface area contributed by atoms with E-state index in [1.807, 2.05) is 24.3 Å². The zero-order valence-corrected chi connectivity index (χ0v) is 29.7. The van der Waals surface area contributed by atoms with Crippen LogP contribution in [0.3, 0.4) is 0 Å². The van der Waals surface area contributed by atoms with Gasteiger partial charge in [0.05, 0.1) is 5.69 Å². The van der Waals surface area contributed by atoms with Crippen molar-refractivity contribution in [1.29, 1.82) is 0 Å². The molecular formula is C52H31NO2. The minimum absolute atomic E-state index is 0.874. The average molecular weight is 702 g/mol. The fourth-order valence-corrected chi connectivity index (χ4v) is 8.96. The number of hydrogen-bond acceptors (Lipinski definition) is 3. The zero-order valence-electron chi connectivity index (χ0n) is 29.7. The van der Waals surface area contributed by atoms with E-state index in [-0.39, 0.29) is 0 Å². The number of fused-ring (bicyclic) bond motifs is 13. The minimum atomic E-state index is 0.874. The molecule has 3 nitrogen and oxygen atoms in total. The second-order valence-electron chi connectivity index (χ2n) is 14.4. The van der Waals surface area contributed by atoms with Gasteiger partial charge in [-0.1, -0.05) is 133 Å². The first-order valence-corrected chi connectivity index (χ1v) is 18.7. The average Bonchev–Trinajstić information content (AvgIpc) is 3.82. The third-order valence-corrected chi connectivity index (χ3v) is 11.4. The van der Waals surface area contributed by atoms with Gasteiger partial charge in [0.2, 0.25) is 0 Å². The van der Waals surface area contributed by atoms with Crippen LogP contribution in [0.2, 0.25) is 0 Å². The van der Waals surface area contributed by atoms with Crippen LogP contribution in [0.1, 0.15) is 0 Å². The van der Waals surface area contributed by atoms with Crippen LogP contribution in [0.25, 0.3) is 98.1 Å². The molecular weight excluding hydrogens is 671 g/mol. The highest BCUT2D eigenvalue weighted by atomic mass is 16.3. The molecule has 0 bridgehead atoms. The lowest BCUT2D eigenvalue weighted by molar-refractivity contribution is 0.668. The molecule has 0 saturated heterocycles. The van der Waals surface area contributed by atoms with Crippen LogP contribution in [0.5, 0.6) is 0 Å². The molecule has 0 N–H and O–H groups in total. The van der Waals surface area contributed by atoms with Gasteiger partial charge in [-0.3, -0.25) is 0 Å². The predicted octanol–water partition coefficient (Wildman–Crippen LogP) is 15.2. The molecule has 10 aromatic carbocycles. The first-order chi connectivity index (χ1) is 27.3. The highest BCUT2D eigenvalue weighted by Gasteiger charge is 2.21. The molecule has 0 spiro atoms. The summed E-state index contributed by atoms with van der Waals surface area (Å²) in [6.07, 6.45) is 0. The van der Waals surface area contributed by atoms with Gasteiger partial charge in [-0.05, 0) is 103 Å². The molecule has 55 heavy (non-hydrogen) atoms. The fourth-order valence-electron chi connectivity index (χ4n) is 8.96. The van der Waals surface area contributed by atoms with E-state index < -0.39 is 0 Å². The largest absolute Gasteiger partial charge is 0.456 e. The highest BCUT2D eigenvalue weighted by molar-refractivity contribution is 6.28. The minimum Gasteiger partial charge on any atom is -0.456 e. The van der Waals surface area contributed by atoms with Gasteiger partial charge in [0.25, 0.3) is 0 Å². The van der Waals surface area contributed by atoms with Crippen molar-refractivity contribution in [2.75, 3.05) is 4.90 Å². The summed E-state index contributed by atoms with van der Waals surface area (Å²) >= 11 is 0. The van der Waals surface area contributed by atoms with Crippen LogP contribution in [0.15, 0.2) is 197 Å². The molecule has 0 unspecified atom stereocenters. The lowest BCUT2D eigenvalue weighted by atomic mass is 9.92. The SMILES string of the molecule is c1cc(-c2cccc3oc4ccccc4c23)cc(N(c2ccc3oc4ccccc4c3c2)c2cccc3c2ccc2ccc4ccc5ccccc5c4c23)c1. The lowest BCUT2D eigenvalue weighted by Gasteiger charge is -2.28. The van der Waals surface area contributed by atoms with Crippen LogP contribution in [0, 0.1) is 0 Å². The summed E-state index contributed by atoms with van der Waals surface area (Å²) in [5.74, 6) is 0. The maximum absolute atomic E-state index is 6.32. The number of hydrogen-bond donors (Lipinski definition) is 0. The molecule has 0 aliphatic rings. The Morgan fingerprint density at radius 2 is 0.909 bits per heavy atom. The van der Waals surface area contributed by atoms with E-state index >= 15 is 0 Å². The maximum atomic E-state index is 6.32. The Bertz CT molecular complexity index is 3510. The van der Waals surface area contributed by atoms with E-state index in [1.165, 1.54) is 43.1 Å². The van der Waals surface area contributed by atoms with Crippen molar-refractivity contribution in [2.45, 2.75) is 0 Å². The first kappa shape index (κ1) is 30.1. The van der Waals surface area contributed by atoms with Crippen molar-refractivity contribution >= 4 is 104 Å². The fraction of sp³-hybridized carbons (Fsp3) is 0. The molecule has 12 rings (SSSR count). The molecule has 0 fully saturated rings. The highest BCUT2D eigenvalue weighted by Crippen LogP contribution is 2.46. The third kappa shape index (κ3) is 4.50. The Morgan fingerprint density at radius 1 is 0.309 bits per heavy atom. The molecule has 0 atom stereocenters. The topological polar surface area (TPSA) is 29.5 Å². The summed E-state index contributed by atoms with van der Waals surface area (Å²) in [5.41, 5.74) is 9.03. The number of furan rings is 2. The van der Waals surface area contributed by atoms with Crippen molar-refractivity contribution in [3.63, 3.8) is 0 Å². The van der Waals surface area contributed by atoms with Crippen LogP contribution in [0.4, 0.5) is 17.1 Å². The molecule has 0 amide bonds. The Kier molecular flexibility index (Phi) is 6.34. The van der Waals surface area contributed by atoms with Crippen molar-refractivity contribution in [3.05, 3.63) is 188 Å². The molecule has 0 aliphatic carbocycles. The van der Waals surface area contributed by atoms with Crippen molar-refractivity contribution in [1.82, 2.24) is 0 Å². The van der Waals surface area contributed by atoms with Gasteiger partial charge >= 0.3 is 0 Å². The Labute approximate surface area is 315 Å². The maximum Gasteiger partial charge on any atom is 0.136 e. The summed E-state index contributed by atoms with van der Waals surface area (Å²) in [6, 6.07) is 67.5. The molecule has 2 heterocycles. The molecule has 2 aromatic heterocycles. The van der Waals surface area contributed by atoms with E-state index in [0.29, 0.717) is 0 Å². The summed E-state index contributed by atoms with van der Waals surface area (Å²) in [4.78, 5) is 2.41. The van der Waals surface area contributed by atoms with Gasteiger partial charge in [-0.2, -0.15) is 0 Å². The van der Waals surface area contributed by atoms with E-state index in [1.54, 1.807) is 0 Å². The van der Waals surface area contributed by atoms with Crippen molar-refractivity contribution in [3.8, 4) is 11.1 Å². The normalized spacial score (nSPS) is 12.0. The summed E-state index contributed by atoms with van der Waals surface area (Å²) < 4.78 is 12.6. The van der Waals surface area contributed by atoms with Crippen LogP contribution in [-0.4, -0.2) is 0 Å². The monoisotopic (exact) mass is 701 g/mol. The summed E-state index contributed by atoms with van der Waals surface area (Å²) in [5, 5.41) is 14.4. The summed E-state index contributed by atoms with van der Waals surface area (Å²) in [6.45, 7) is 0. The van der Waals surface area contributed by atoms with Crippen LogP contribution >= 0.6 is 0 Å². The van der Waals surface area contributed by atoms with Crippen LogP contribution in [-0.2, 0) is 0 Å². The van der Waals surface area contributed by atoms with Gasteiger partial charge in [0.1, 0.15) is 22.3 Å². The summed E-state index contributed by atoms with van der Waals surface area (Å²) in [7, 11) is 0. The van der Waals surface area contributed by atoms with Gasteiger partial charge in [-0.15, -0.1) is 0 Å². The Balaban J connectivity index is 1.15. The number of nitrogens with zero attached hydrogens (tertiary/aromatic N) is 1. The van der Waals surface area contributed by atoms with E-state index in [4.69, 9.17) is 8.83 Å². The van der Waals surface area contributed by atoms with E-state index in [9.17, 15) is 0 Å². The van der Waals surface area contributed by atoms with Crippen molar-refractivity contribution < 1.29 is 8.83 Å². The van der Waals surface area contributed by atoms with Crippen molar-refractivity contribution in [2.24, 2.45) is 0 Å². The molecule has 12 aromatic rings. The van der Waals surface area contributed by atoms with E-state index in [0.717, 1.165) is 72.1 Å². The third-order valence-electron chi connectivity index (χ3n) is 11.4. The van der Waals surface area contributed by atoms with Gasteiger partial charge in [-0.25, -0.2) is 0 Å². The number of rotatable bonds is 4. The van der Waals surface area contributed by atoms with E-state index in [2.05, 4.69) is 169 Å². The number of benzene rings is 10. The Hall–Kier alpha value is -7.36. The van der Waals surface area contributed by atoms with Gasteiger partial charge in [0.15, 0.2) is 0 Å². The molecule has 256 valence electrons.